The summed E-state index contributed by atoms with van der Waals surface area (Å²) >= 11 is 0. The van der Waals surface area contributed by atoms with Gasteiger partial charge in [0.15, 0.2) is 5.90 Å². The van der Waals surface area contributed by atoms with Gasteiger partial charge in [-0.25, -0.2) is 0 Å². The smallest absolute Gasteiger partial charge is 0.366 e. The van der Waals surface area contributed by atoms with E-state index < -0.39 is 31.7 Å². The maximum absolute atomic E-state index is 7.15. The van der Waals surface area contributed by atoms with E-state index in [2.05, 4.69) is 266 Å². The van der Waals surface area contributed by atoms with Crippen molar-refractivity contribution >= 4 is 74.1 Å². The van der Waals surface area contributed by atoms with Crippen LogP contribution >= 0.6 is 31.7 Å². The Morgan fingerprint density at radius 2 is 0.398 bits per heavy atom. The van der Waals surface area contributed by atoms with Gasteiger partial charge in [-0.2, -0.15) is 0 Å². The van der Waals surface area contributed by atoms with E-state index in [4.69, 9.17) is 25.7 Å². The first kappa shape index (κ1) is 74.0. The number of fused-ring (bicyclic) bond motifs is 6. The number of benzene rings is 12. The molecule has 2 aliphatic rings. The molecule has 0 N–H and O–H groups in total. The van der Waals surface area contributed by atoms with Crippen LogP contribution in [0.3, 0.4) is 0 Å². The molecule has 2 aliphatic carbocycles. The van der Waals surface area contributed by atoms with Gasteiger partial charge in [-0.3, -0.25) is 23.7 Å². The minimum Gasteiger partial charge on any atom is -0.366 e. The Balaban J connectivity index is 0.000000177. The summed E-state index contributed by atoms with van der Waals surface area (Å²) in [5, 5.41) is 12.1. The molecule has 0 atom stereocenters. The van der Waals surface area contributed by atoms with Crippen molar-refractivity contribution < 1.29 is 89.5 Å². The van der Waals surface area contributed by atoms with Crippen molar-refractivity contribution in [1.29, 1.82) is 0 Å². The fourth-order valence-corrected chi connectivity index (χ4v) is 25.9. The summed E-state index contributed by atoms with van der Waals surface area (Å²) in [7, 11) is -3.26. The van der Waals surface area contributed by atoms with Crippen molar-refractivity contribution in [3.05, 3.63) is 386 Å². The summed E-state index contributed by atoms with van der Waals surface area (Å²) in [6.45, 7) is 0. The molecule has 8 heteroatoms. The van der Waals surface area contributed by atoms with Gasteiger partial charge in [0.1, 0.15) is 49.4 Å². The summed E-state index contributed by atoms with van der Waals surface area (Å²) in [5.41, 5.74) is 13.1. The second-order valence-electron chi connectivity index (χ2n) is 21.9. The van der Waals surface area contributed by atoms with Gasteiger partial charge in [-0.05, 0) is 132 Å². The molecule has 14 rings (SSSR count). The summed E-state index contributed by atoms with van der Waals surface area (Å²) in [6.07, 6.45) is 32.8. The van der Waals surface area contributed by atoms with Gasteiger partial charge in [0.25, 0.3) is 0 Å². The molecule has 0 aliphatic heterocycles. The van der Waals surface area contributed by atoms with E-state index in [0.29, 0.717) is 0 Å². The second-order valence-corrected chi connectivity index (χ2v) is 32.7. The molecule has 93 heavy (non-hydrogen) atoms. The van der Waals surface area contributed by atoms with Crippen LogP contribution in [0.1, 0.15) is 44.5 Å². The van der Waals surface area contributed by atoms with Crippen molar-refractivity contribution in [2.75, 3.05) is 18.2 Å². The minimum atomic E-state index is -0.847. The molecule has 466 valence electrons. The van der Waals surface area contributed by atoms with Crippen LogP contribution in [0.2, 0.25) is 0 Å². The molecule has 0 fully saturated rings. The number of rotatable bonds is 13. The minimum absolute atomic E-state index is 0. The maximum Gasteiger partial charge on any atom is 1.00 e. The van der Waals surface area contributed by atoms with Crippen molar-refractivity contribution in [3.8, 4) is 45.9 Å². The fourth-order valence-electron chi connectivity index (χ4n) is 11.9. The third kappa shape index (κ3) is 19.6. The van der Waals surface area contributed by atoms with Crippen molar-refractivity contribution in [3.63, 3.8) is 0 Å². The van der Waals surface area contributed by atoms with E-state index in [1.54, 1.807) is 0 Å². The molecule has 12 aromatic carbocycles. The first-order valence-corrected chi connectivity index (χ1v) is 36.9. The van der Waals surface area contributed by atoms with Gasteiger partial charge in [0.05, 0.1) is 37.1 Å². The summed E-state index contributed by atoms with van der Waals surface area (Å²) in [6, 6.07) is 113. The van der Waals surface area contributed by atoms with E-state index >= 15 is 0 Å². The monoisotopic (exact) mass is 2000 g/mol. The third-order valence-corrected chi connectivity index (χ3v) is 29.4. The first-order chi connectivity index (χ1) is 44.0. The van der Waals surface area contributed by atoms with E-state index in [0.717, 1.165) is 35.1 Å². The molecule has 0 bridgehead atoms. The number of hydrogen-bond acceptors (Lipinski definition) is 0. The second kappa shape index (κ2) is 38.2. The Labute approximate surface area is 619 Å². The Bertz CT molecular complexity index is 3880. The van der Waals surface area contributed by atoms with Gasteiger partial charge >= 0.3 is 89.5 Å². The Morgan fingerprint density at radius 1 is 0.226 bits per heavy atom. The van der Waals surface area contributed by atoms with Crippen LogP contribution in [-0.4, -0.2) is 18.2 Å². The fraction of sp³-hybridized carbons (Fsp3) is 0.0588. The summed E-state index contributed by atoms with van der Waals surface area (Å²) in [4.78, 5) is 0. The molecule has 0 aromatic heterocycles. The van der Waals surface area contributed by atoms with Crippen LogP contribution in [0.4, 0.5) is 0 Å². The van der Waals surface area contributed by atoms with Gasteiger partial charge in [0, 0.05) is 0 Å². The topological polar surface area (TPSA) is 0 Å². The zero-order chi connectivity index (χ0) is 61.0. The number of hydrogen-bond donors (Lipinski definition) is 0. The van der Waals surface area contributed by atoms with Crippen molar-refractivity contribution in [1.82, 2.24) is 0 Å². The zero-order valence-corrected chi connectivity index (χ0v) is 63.4. The molecule has 0 saturated heterocycles. The Kier molecular flexibility index (Phi) is 30.4. The quantitative estimate of drug-likeness (QED) is 0.0467. The standard InChI is InChI=1S/C26H24P2.C25H22P2.2C17H8.4Au/c1-5-13-23(14-6-1)27(24-15-7-2-8-16-24)21-22-28(25-17-9-3-10-18-25)26-19-11-4-12-20-26;1-5-13-22(14-6-1)26(23-15-7-2-8-16-23)21-27(24-17-9-3-10-18-24)25-19-11-4-12-20-25;2*1-3-12-5-7-16-14(9-12)11-15-10-13(4-2)6-8-17(15)16;;;;/h1-20H,21-22H2;1-20H,21H2;2*5-10H,11H2;;;;/q;;2*-2;4*+1/p+4. The molecule has 0 radical (unpaired) electrons. The van der Waals surface area contributed by atoms with E-state index in [9.17, 15) is 0 Å². The molecule has 0 heterocycles. The van der Waals surface area contributed by atoms with Gasteiger partial charge in [-0.1, -0.05) is 192 Å². The van der Waals surface area contributed by atoms with Crippen LogP contribution in [-0.2, 0) is 102 Å². The molecule has 0 saturated carbocycles. The van der Waals surface area contributed by atoms with E-state index in [1.165, 1.54) is 105 Å². The predicted octanol–water partition coefficient (Wildman–Crippen LogP) is 15.6. The van der Waals surface area contributed by atoms with Gasteiger partial charge < -0.3 is 25.7 Å². The van der Waals surface area contributed by atoms with E-state index in [1.807, 2.05) is 72.8 Å². The Morgan fingerprint density at radius 3 is 0.570 bits per heavy atom. The average Bonchev–Trinajstić information content (AvgIpc) is 1.66. The van der Waals surface area contributed by atoms with Crippen molar-refractivity contribution in [2.45, 2.75) is 12.8 Å². The average molecular weight is 2000 g/mol. The molecule has 0 spiro atoms. The van der Waals surface area contributed by atoms with Crippen LogP contribution in [0.15, 0.2) is 315 Å². The Hall–Kier alpha value is -6.44. The van der Waals surface area contributed by atoms with Crippen LogP contribution < -0.4 is 42.4 Å². The molecule has 12 aromatic rings. The molecule has 0 nitrogen and oxygen atoms in total. The molecular formula is C85H66Au4P4+4. The van der Waals surface area contributed by atoms with Crippen molar-refractivity contribution in [2.24, 2.45) is 0 Å². The van der Waals surface area contributed by atoms with E-state index in [-0.39, 0.29) is 89.5 Å². The SMILES string of the molecule is [Au+].[Au+].[Au+].[Au+].[C-]#Cc1ccc2c(c1)Cc1cc(C#[C-])ccc1-2.[C-]#Cc1ccc2c(c1)Cc1cc(C#[C-])ccc1-2.c1ccc([PH+](CC[PH+](c2ccccc2)c2ccccc2)c2ccccc2)cc1.c1ccc([PH+](C[PH+](c2ccccc2)c2ccccc2)c2ccccc2)cc1. The summed E-state index contributed by atoms with van der Waals surface area (Å²) in [5.74, 6) is 10.9. The normalized spacial score (nSPS) is 10.6. The maximum atomic E-state index is 7.15. The molecule has 0 amide bonds. The van der Waals surface area contributed by atoms with Crippen LogP contribution in [0.5, 0.6) is 0 Å². The first-order valence-electron chi connectivity index (χ1n) is 30.1. The van der Waals surface area contributed by atoms with Crippen LogP contribution in [0, 0.1) is 49.4 Å². The third-order valence-electron chi connectivity index (χ3n) is 16.3. The molecular weight excluding hydrogens is 1930 g/mol. The van der Waals surface area contributed by atoms with Gasteiger partial charge in [0.2, 0.25) is 0 Å². The predicted molar refractivity (Wildman–Crippen MR) is 391 cm³/mol. The molecule has 0 unspecified atom stereocenters. The van der Waals surface area contributed by atoms with Gasteiger partial charge in [-0.15, -0.1) is 70.8 Å². The zero-order valence-electron chi connectivity index (χ0n) is 50.8. The summed E-state index contributed by atoms with van der Waals surface area (Å²) < 4.78 is 0. The van der Waals surface area contributed by atoms with Crippen LogP contribution in [0.25, 0.3) is 22.3 Å². The largest absolute Gasteiger partial charge is 1.00 e.